The summed E-state index contributed by atoms with van der Waals surface area (Å²) in [5.74, 6) is -1.11. The topological polar surface area (TPSA) is 78.9 Å². The highest BCUT2D eigenvalue weighted by molar-refractivity contribution is 5.72. The van der Waals surface area contributed by atoms with Gasteiger partial charge in [-0.15, -0.1) is 0 Å². The summed E-state index contributed by atoms with van der Waals surface area (Å²) < 4.78 is 16.7. The number of allylic oxidation sites excluding steroid dienone is 27. The summed E-state index contributed by atoms with van der Waals surface area (Å²) >= 11 is 0. The van der Waals surface area contributed by atoms with Crippen LogP contribution in [-0.4, -0.2) is 37.2 Å². The van der Waals surface area contributed by atoms with E-state index in [0.717, 1.165) is 161 Å². The summed E-state index contributed by atoms with van der Waals surface area (Å²) in [6, 6.07) is 0. The maximum atomic E-state index is 12.9. The van der Waals surface area contributed by atoms with E-state index >= 15 is 0 Å². The van der Waals surface area contributed by atoms with Gasteiger partial charge in [0.25, 0.3) is 0 Å². The van der Waals surface area contributed by atoms with Gasteiger partial charge in [0.2, 0.25) is 0 Å². The van der Waals surface area contributed by atoms with Crippen molar-refractivity contribution in [2.75, 3.05) is 13.2 Å². The highest BCUT2D eigenvalue weighted by atomic mass is 16.6. The Hall–Kier alpha value is -5.23. The van der Waals surface area contributed by atoms with Crippen molar-refractivity contribution < 1.29 is 28.6 Å². The van der Waals surface area contributed by atoms with Crippen molar-refractivity contribution in [2.45, 2.75) is 239 Å². The molecule has 0 rings (SSSR count). The lowest BCUT2D eigenvalue weighted by Crippen LogP contribution is -2.30. The van der Waals surface area contributed by atoms with E-state index in [1.807, 2.05) is 6.08 Å². The molecule has 0 heterocycles. The van der Waals surface area contributed by atoms with Crippen LogP contribution in [0.3, 0.4) is 0 Å². The molecule has 0 spiro atoms. The van der Waals surface area contributed by atoms with E-state index in [4.69, 9.17) is 14.2 Å². The lowest BCUT2D eigenvalue weighted by Gasteiger charge is -2.18. The van der Waals surface area contributed by atoms with Gasteiger partial charge in [0.05, 0.1) is 6.42 Å². The van der Waals surface area contributed by atoms with E-state index < -0.39 is 12.1 Å². The lowest BCUT2D eigenvalue weighted by molar-refractivity contribution is -0.166. The van der Waals surface area contributed by atoms with Crippen molar-refractivity contribution in [1.29, 1.82) is 0 Å². The zero-order valence-electron chi connectivity index (χ0n) is 48.4. The second-order valence-corrected chi connectivity index (χ2v) is 19.2. The predicted octanol–water partition coefficient (Wildman–Crippen LogP) is 20.7. The Morgan fingerprint density at radius 1 is 0.289 bits per heavy atom. The smallest absolute Gasteiger partial charge is 0.309 e. The fourth-order valence-electron chi connectivity index (χ4n) is 7.52. The highest BCUT2D eigenvalue weighted by Crippen LogP contribution is 2.12. The summed E-state index contributed by atoms with van der Waals surface area (Å²) in [7, 11) is 0. The van der Waals surface area contributed by atoms with Crippen LogP contribution in [0.5, 0.6) is 0 Å². The molecule has 0 aliphatic carbocycles. The first-order chi connectivity index (χ1) is 37.5. The second-order valence-electron chi connectivity index (χ2n) is 19.2. The van der Waals surface area contributed by atoms with Crippen molar-refractivity contribution in [3.05, 3.63) is 170 Å². The van der Waals surface area contributed by atoms with Gasteiger partial charge >= 0.3 is 17.9 Å². The van der Waals surface area contributed by atoms with Gasteiger partial charge in [-0.3, -0.25) is 14.4 Å². The third-order valence-corrected chi connectivity index (χ3v) is 12.0. The second kappa shape index (κ2) is 62.3. The third-order valence-electron chi connectivity index (χ3n) is 12.0. The van der Waals surface area contributed by atoms with Crippen LogP contribution in [-0.2, 0) is 28.6 Å². The fraction of sp³-hybridized carbons (Fsp3) is 0.557. The quantitative estimate of drug-likeness (QED) is 0.0261. The SMILES string of the molecule is CC/C=C\C/C=C\C/C=C\C/C=C\C/C=C\C/C=C\C/C=C\CCCCCCCC(=O)OCC(COC(=O)C/C=C\C/C=C\C/C=C\C/C=C\C/C=C\CC)OC(=O)CCCCCCC/C=C\C/C=C\CCCCCC. The number of esters is 3. The summed E-state index contributed by atoms with van der Waals surface area (Å²) in [5.41, 5.74) is 0. The van der Waals surface area contributed by atoms with Crippen LogP contribution >= 0.6 is 0 Å². The number of hydrogen-bond donors (Lipinski definition) is 0. The molecule has 0 bridgehead atoms. The third kappa shape index (κ3) is 59.6. The molecule has 0 amide bonds. The maximum absolute atomic E-state index is 12.9. The number of carbonyl (C=O) groups excluding carboxylic acids is 3. The Morgan fingerprint density at radius 2 is 0.566 bits per heavy atom. The molecular formula is C70H108O6. The van der Waals surface area contributed by atoms with E-state index in [1.165, 1.54) is 32.1 Å². The summed E-state index contributed by atoms with van der Waals surface area (Å²) in [4.78, 5) is 38.2. The number of hydrogen-bond acceptors (Lipinski definition) is 6. The van der Waals surface area contributed by atoms with Gasteiger partial charge in [-0.25, -0.2) is 0 Å². The molecule has 0 aromatic heterocycles. The Bertz CT molecular complexity index is 1770. The molecule has 76 heavy (non-hydrogen) atoms. The normalized spacial score (nSPS) is 13.4. The molecule has 6 heteroatoms. The number of ether oxygens (including phenoxy) is 3. The van der Waals surface area contributed by atoms with E-state index in [2.05, 4.69) is 179 Å². The van der Waals surface area contributed by atoms with Crippen LogP contribution in [0.4, 0.5) is 0 Å². The van der Waals surface area contributed by atoms with E-state index in [0.29, 0.717) is 6.42 Å². The Kier molecular flexibility index (Phi) is 58.0. The Balaban J connectivity index is 4.52. The summed E-state index contributed by atoms with van der Waals surface area (Å²) in [6.07, 6.45) is 92.3. The zero-order chi connectivity index (χ0) is 55.0. The molecular weight excluding hydrogens is 937 g/mol. The van der Waals surface area contributed by atoms with Gasteiger partial charge in [-0.1, -0.05) is 249 Å². The molecule has 0 aromatic carbocycles. The number of carbonyl (C=O) groups is 3. The van der Waals surface area contributed by atoms with Gasteiger partial charge in [0, 0.05) is 12.8 Å². The lowest BCUT2D eigenvalue weighted by atomic mass is 10.1. The average molecular weight is 1050 g/mol. The Morgan fingerprint density at radius 3 is 0.921 bits per heavy atom. The first-order valence-corrected chi connectivity index (χ1v) is 30.1. The van der Waals surface area contributed by atoms with Crippen molar-refractivity contribution in [3.8, 4) is 0 Å². The summed E-state index contributed by atoms with van der Waals surface area (Å²) in [6.45, 7) is 6.26. The number of unbranched alkanes of at least 4 members (excludes halogenated alkanes) is 14. The first kappa shape index (κ1) is 70.8. The van der Waals surface area contributed by atoms with Gasteiger partial charge in [0.15, 0.2) is 6.10 Å². The van der Waals surface area contributed by atoms with E-state index in [1.54, 1.807) is 6.08 Å². The molecule has 424 valence electrons. The van der Waals surface area contributed by atoms with Crippen LogP contribution in [0.15, 0.2) is 170 Å². The molecule has 6 nitrogen and oxygen atoms in total. The molecule has 0 fully saturated rings. The molecule has 0 saturated heterocycles. The monoisotopic (exact) mass is 1040 g/mol. The van der Waals surface area contributed by atoms with Crippen molar-refractivity contribution in [3.63, 3.8) is 0 Å². The minimum Gasteiger partial charge on any atom is -0.462 e. The maximum Gasteiger partial charge on any atom is 0.309 e. The van der Waals surface area contributed by atoms with Crippen LogP contribution in [0.1, 0.15) is 233 Å². The van der Waals surface area contributed by atoms with Gasteiger partial charge in [-0.2, -0.15) is 0 Å². The van der Waals surface area contributed by atoms with Gasteiger partial charge in [0.1, 0.15) is 13.2 Å². The Labute approximate surface area is 466 Å². The van der Waals surface area contributed by atoms with Crippen LogP contribution < -0.4 is 0 Å². The van der Waals surface area contributed by atoms with Crippen molar-refractivity contribution in [1.82, 2.24) is 0 Å². The highest BCUT2D eigenvalue weighted by Gasteiger charge is 2.19. The standard InChI is InChI=1S/C70H108O6/c1-4-7-10-13-16-19-22-25-28-30-31-32-33-34-35-36-37-38-39-40-43-45-48-51-54-57-60-63-69(72)75-66-67(65-74-68(71)62-59-56-53-50-47-44-41-27-24-21-18-15-12-9-6-3)76-70(73)64-61-58-55-52-49-46-42-29-26-23-20-17-14-11-8-5-2/h7,9-10,12,16,18-21,23,25,27-29,31-32,34-35,37-38,40-43,47,50,56,59,67H,4-6,8,11,13-15,17,22,24,26,30,33,36,39,44-46,48-49,51-55,57-58,60-66H2,1-3H3/b10-7-,12-9-,19-16-,21-18-,23-20-,28-25-,32-31-,35-34-,38-37-,41-27-,42-29-,43-40-,50-47-,59-56-. The molecule has 1 unspecified atom stereocenters. The van der Waals surface area contributed by atoms with Crippen molar-refractivity contribution >= 4 is 17.9 Å². The van der Waals surface area contributed by atoms with Crippen molar-refractivity contribution in [2.24, 2.45) is 0 Å². The molecule has 0 aliphatic rings. The molecule has 0 saturated carbocycles. The van der Waals surface area contributed by atoms with Gasteiger partial charge < -0.3 is 14.2 Å². The molecule has 0 aromatic rings. The molecule has 0 N–H and O–H groups in total. The molecule has 0 aliphatic heterocycles. The van der Waals surface area contributed by atoms with E-state index in [-0.39, 0.29) is 38.0 Å². The fourth-order valence-corrected chi connectivity index (χ4v) is 7.52. The molecule has 1 atom stereocenters. The largest absolute Gasteiger partial charge is 0.462 e. The minimum absolute atomic E-state index is 0.112. The van der Waals surface area contributed by atoms with E-state index in [9.17, 15) is 14.4 Å². The van der Waals surface area contributed by atoms with Crippen LogP contribution in [0.2, 0.25) is 0 Å². The zero-order valence-corrected chi connectivity index (χ0v) is 48.4. The first-order valence-electron chi connectivity index (χ1n) is 30.1. The van der Waals surface area contributed by atoms with Crippen LogP contribution in [0, 0.1) is 0 Å². The minimum atomic E-state index is -0.844. The molecule has 0 radical (unpaired) electrons. The van der Waals surface area contributed by atoms with Gasteiger partial charge in [-0.05, 0) is 135 Å². The number of rotatable bonds is 52. The predicted molar refractivity (Wildman–Crippen MR) is 329 cm³/mol. The summed E-state index contributed by atoms with van der Waals surface area (Å²) in [5, 5.41) is 0. The average Bonchev–Trinajstić information content (AvgIpc) is 3.42. The van der Waals surface area contributed by atoms with Crippen LogP contribution in [0.25, 0.3) is 0 Å².